The summed E-state index contributed by atoms with van der Waals surface area (Å²) in [5.74, 6) is 1.29. The van der Waals surface area contributed by atoms with E-state index in [1.165, 1.54) is 0 Å². The van der Waals surface area contributed by atoms with E-state index >= 15 is 0 Å². The van der Waals surface area contributed by atoms with Crippen molar-refractivity contribution in [2.75, 3.05) is 6.61 Å². The Labute approximate surface area is 231 Å². The molecular weight excluding hydrogens is 508 g/mol. The van der Waals surface area contributed by atoms with Crippen LogP contribution in [0.15, 0.2) is 108 Å². The molecule has 0 radical (unpaired) electrons. The van der Waals surface area contributed by atoms with E-state index in [9.17, 15) is 9.11 Å². The number of ether oxygens (including phenoxy) is 1. The first-order chi connectivity index (χ1) is 19.0. The van der Waals surface area contributed by atoms with Gasteiger partial charge in [0.25, 0.3) is 0 Å². The summed E-state index contributed by atoms with van der Waals surface area (Å²) in [6.45, 7) is 3.62. The Morgan fingerprint density at radius 1 is 0.769 bits per heavy atom. The molecule has 1 heterocycles. The van der Waals surface area contributed by atoms with Crippen molar-refractivity contribution in [3.8, 4) is 22.8 Å². The number of benzene rings is 4. The van der Waals surface area contributed by atoms with Crippen LogP contribution < -0.4 is 8.92 Å². The molecule has 1 aromatic heterocycles. The lowest BCUT2D eigenvalue weighted by Gasteiger charge is -2.28. The summed E-state index contributed by atoms with van der Waals surface area (Å²) >= 11 is 0. The second-order valence-corrected chi connectivity index (χ2v) is 11.0. The third kappa shape index (κ3) is 6.63. The maximum Gasteiger partial charge on any atom is 0.161 e. The van der Waals surface area contributed by atoms with Gasteiger partial charge in [-0.2, -0.15) is 5.10 Å². The van der Waals surface area contributed by atoms with Crippen molar-refractivity contribution in [1.29, 1.82) is 0 Å². The molecule has 5 rings (SSSR count). The molecule has 4 aromatic carbocycles. The number of aryl methyl sites for hydroxylation is 2. The molecule has 5 aromatic rings. The van der Waals surface area contributed by atoms with Crippen LogP contribution >= 0.6 is 10.9 Å². The molecular formula is C32H34N2O4S. The fraction of sp³-hybridized carbons (Fsp3) is 0.219. The molecule has 7 heteroatoms. The van der Waals surface area contributed by atoms with Gasteiger partial charge in [0.1, 0.15) is 11.5 Å². The molecule has 2 N–H and O–H groups in total. The van der Waals surface area contributed by atoms with Gasteiger partial charge in [0.2, 0.25) is 0 Å². The number of hydrogen-bond donors (Lipinski definition) is 2. The van der Waals surface area contributed by atoms with Crippen LogP contribution in [-0.2, 0) is 13.0 Å². The van der Waals surface area contributed by atoms with Gasteiger partial charge >= 0.3 is 0 Å². The van der Waals surface area contributed by atoms with Crippen molar-refractivity contribution in [3.05, 3.63) is 109 Å². The molecule has 0 fully saturated rings. The summed E-state index contributed by atoms with van der Waals surface area (Å²) in [6.07, 6.45) is 3.86. The fourth-order valence-corrected chi connectivity index (χ4v) is 5.59. The fourth-order valence-electron chi connectivity index (χ4n) is 4.57. The monoisotopic (exact) mass is 542 g/mol. The van der Waals surface area contributed by atoms with Crippen LogP contribution in [0.25, 0.3) is 22.0 Å². The molecule has 0 saturated carbocycles. The zero-order chi connectivity index (χ0) is 27.1. The molecule has 0 bridgehead atoms. The highest BCUT2D eigenvalue weighted by atomic mass is 32.3. The third-order valence-corrected chi connectivity index (χ3v) is 7.93. The third-order valence-electron chi connectivity index (χ3n) is 6.65. The lowest BCUT2D eigenvalue weighted by atomic mass is 10.1. The normalized spacial score (nSPS) is 12.0. The zero-order valence-electron chi connectivity index (χ0n) is 22.1. The van der Waals surface area contributed by atoms with Gasteiger partial charge in [-0.3, -0.25) is 13.8 Å². The van der Waals surface area contributed by atoms with E-state index in [4.69, 9.17) is 14.0 Å². The number of hydrogen-bond acceptors (Lipinski definition) is 5. The molecule has 202 valence electrons. The average Bonchev–Trinajstić information content (AvgIpc) is 3.38. The molecule has 0 atom stereocenters. The van der Waals surface area contributed by atoms with Crippen LogP contribution in [0, 0.1) is 0 Å². The summed E-state index contributed by atoms with van der Waals surface area (Å²) in [4.78, 5) is 0.340. The number of rotatable bonds is 12. The largest absolute Gasteiger partial charge is 0.494 e. The van der Waals surface area contributed by atoms with Crippen LogP contribution in [0.3, 0.4) is 0 Å². The minimum atomic E-state index is -3.53. The first-order valence-corrected chi connectivity index (χ1v) is 14.8. The van der Waals surface area contributed by atoms with Crippen molar-refractivity contribution in [3.63, 3.8) is 0 Å². The van der Waals surface area contributed by atoms with Gasteiger partial charge in [0, 0.05) is 17.8 Å². The number of aromatic nitrogens is 2. The van der Waals surface area contributed by atoms with E-state index in [1.54, 1.807) is 18.2 Å². The first kappa shape index (κ1) is 26.8. The van der Waals surface area contributed by atoms with Crippen LogP contribution in [-0.4, -0.2) is 25.5 Å². The van der Waals surface area contributed by atoms with E-state index < -0.39 is 10.9 Å². The molecule has 6 nitrogen and oxygen atoms in total. The predicted molar refractivity (Wildman–Crippen MR) is 159 cm³/mol. The second-order valence-electron chi connectivity index (χ2n) is 9.40. The Morgan fingerprint density at radius 2 is 1.51 bits per heavy atom. The SMILES string of the molecule is CCc1cc(-c2ccccc2OS(O)(O)c2ccc3ccccc3c2)nn1CCCCCOc1ccccc1. The Kier molecular flexibility index (Phi) is 8.51. The molecule has 0 unspecified atom stereocenters. The Hall–Kier alpha value is -3.78. The number of nitrogens with zero attached hydrogens (tertiary/aromatic N) is 2. The number of unbranched alkanes of at least 4 members (excludes halogenated alkanes) is 2. The standard InChI is InChI=1S/C32H34N2O4S/c1-2-27-24-31(33-34(27)21-11-4-12-22-37-28-15-5-3-6-16-28)30-17-9-10-18-32(30)38-39(35,36)29-20-19-25-13-7-8-14-26(25)23-29/h3,5-10,13-20,23-24,35-36H,2,4,11-12,21-22H2,1H3. The molecule has 0 saturated heterocycles. The number of fused-ring (bicyclic) bond motifs is 1. The van der Waals surface area contributed by atoms with E-state index in [0.717, 1.165) is 65.7 Å². The summed E-state index contributed by atoms with van der Waals surface area (Å²) in [6, 6.07) is 32.5. The van der Waals surface area contributed by atoms with E-state index in [-0.39, 0.29) is 0 Å². The summed E-state index contributed by atoms with van der Waals surface area (Å²) < 4.78 is 35.8. The molecule has 0 spiro atoms. The van der Waals surface area contributed by atoms with E-state index in [1.807, 2.05) is 83.5 Å². The highest BCUT2D eigenvalue weighted by Gasteiger charge is 2.25. The quantitative estimate of drug-likeness (QED) is 0.154. The lowest BCUT2D eigenvalue weighted by Crippen LogP contribution is -2.07. The lowest BCUT2D eigenvalue weighted by molar-refractivity contribution is 0.303. The van der Waals surface area contributed by atoms with Crippen molar-refractivity contribution in [1.82, 2.24) is 9.78 Å². The number of para-hydroxylation sites is 2. The van der Waals surface area contributed by atoms with Crippen molar-refractivity contribution < 1.29 is 18.0 Å². The Balaban J connectivity index is 1.26. The summed E-state index contributed by atoms with van der Waals surface area (Å²) in [5, 5.41) is 6.82. The van der Waals surface area contributed by atoms with Gasteiger partial charge in [-0.15, -0.1) is 0 Å². The molecule has 39 heavy (non-hydrogen) atoms. The highest BCUT2D eigenvalue weighted by Crippen LogP contribution is 2.51. The van der Waals surface area contributed by atoms with Crippen LogP contribution in [0.2, 0.25) is 0 Å². The van der Waals surface area contributed by atoms with Crippen molar-refractivity contribution >= 4 is 21.6 Å². The van der Waals surface area contributed by atoms with E-state index in [2.05, 4.69) is 13.0 Å². The van der Waals surface area contributed by atoms with Gasteiger partial charge in [-0.05, 0) is 78.9 Å². The molecule has 0 aliphatic rings. The average molecular weight is 543 g/mol. The van der Waals surface area contributed by atoms with Crippen molar-refractivity contribution in [2.45, 2.75) is 44.0 Å². The maximum atomic E-state index is 11.0. The van der Waals surface area contributed by atoms with Crippen LogP contribution in [0.5, 0.6) is 11.5 Å². The maximum absolute atomic E-state index is 11.0. The first-order valence-electron chi connectivity index (χ1n) is 13.3. The summed E-state index contributed by atoms with van der Waals surface area (Å²) in [7, 11) is -3.53. The smallest absolute Gasteiger partial charge is 0.161 e. The summed E-state index contributed by atoms with van der Waals surface area (Å²) in [5.41, 5.74) is 2.60. The van der Waals surface area contributed by atoms with Crippen molar-refractivity contribution in [2.24, 2.45) is 0 Å². The Morgan fingerprint density at radius 3 is 2.33 bits per heavy atom. The van der Waals surface area contributed by atoms with Gasteiger partial charge in [-0.1, -0.05) is 67.6 Å². The molecule has 0 aliphatic carbocycles. The highest BCUT2D eigenvalue weighted by molar-refractivity contribution is 8.20. The van der Waals surface area contributed by atoms with Crippen LogP contribution in [0.4, 0.5) is 0 Å². The van der Waals surface area contributed by atoms with Gasteiger partial charge in [0.15, 0.2) is 10.9 Å². The van der Waals surface area contributed by atoms with Crippen LogP contribution in [0.1, 0.15) is 31.9 Å². The van der Waals surface area contributed by atoms with Gasteiger partial charge < -0.3 is 8.92 Å². The Bertz CT molecular complexity index is 1520. The van der Waals surface area contributed by atoms with Gasteiger partial charge in [-0.25, -0.2) is 0 Å². The molecule has 0 amide bonds. The second kappa shape index (κ2) is 12.4. The predicted octanol–water partition coefficient (Wildman–Crippen LogP) is 8.62. The zero-order valence-corrected chi connectivity index (χ0v) is 22.9. The minimum absolute atomic E-state index is 0.340. The minimum Gasteiger partial charge on any atom is -0.494 e. The van der Waals surface area contributed by atoms with Gasteiger partial charge in [0.05, 0.1) is 17.2 Å². The molecule has 0 aliphatic heterocycles. The topological polar surface area (TPSA) is 76.7 Å². The van der Waals surface area contributed by atoms with E-state index in [0.29, 0.717) is 17.3 Å².